The molecule has 50 heavy (non-hydrogen) atoms. The van der Waals surface area contributed by atoms with Crippen molar-refractivity contribution in [3.05, 3.63) is 58.9 Å². The Bertz CT molecular complexity index is 1520. The van der Waals surface area contributed by atoms with Gasteiger partial charge in [-0.25, -0.2) is 9.97 Å². The summed E-state index contributed by atoms with van der Waals surface area (Å²) in [5.41, 5.74) is -1.43. The molecule has 0 bridgehead atoms. The highest BCUT2D eigenvalue weighted by atomic mass is 19.4. The Balaban J connectivity index is 1.44. The standard InChI is InChI=1S/C36H43F6N5O3/c1-4-29-16-31(17-30(5-2)47(29)33(49)24-8-6-22(7-9-24)14-32(48)50-3)46(34-44-19-26(20-45-34)25-10-11-43-18-25)21-23-12-27(35(37,38)39)15-28(13-23)36(40,41)42/h10,12-13,15,18-20,22,24,29-31H,4-9,11,14,16-17,21H2,1-3H3/t22?,24?,29-,30+,31?. The molecule has 2 aliphatic heterocycles. The van der Waals surface area contributed by atoms with Crippen molar-refractivity contribution in [1.29, 1.82) is 0 Å². The number of piperidine rings is 1. The van der Waals surface area contributed by atoms with Crippen molar-refractivity contribution in [3.63, 3.8) is 0 Å². The first-order valence-corrected chi connectivity index (χ1v) is 17.2. The molecule has 1 saturated carbocycles. The fourth-order valence-corrected chi connectivity index (χ4v) is 7.57. The van der Waals surface area contributed by atoms with Crippen molar-refractivity contribution < 1.29 is 40.7 Å². The molecule has 0 N–H and O–H groups in total. The Kier molecular flexibility index (Phi) is 11.6. The predicted molar refractivity (Wildman–Crippen MR) is 176 cm³/mol. The van der Waals surface area contributed by atoms with E-state index in [0.29, 0.717) is 57.1 Å². The van der Waals surface area contributed by atoms with E-state index in [1.807, 2.05) is 24.8 Å². The second-order valence-electron chi connectivity index (χ2n) is 13.5. The zero-order valence-electron chi connectivity index (χ0n) is 28.4. The lowest BCUT2D eigenvalue weighted by molar-refractivity contribution is -0.146. The molecule has 0 radical (unpaired) electrons. The number of anilines is 1. The van der Waals surface area contributed by atoms with Gasteiger partial charge in [0.25, 0.3) is 0 Å². The quantitative estimate of drug-likeness (QED) is 0.184. The van der Waals surface area contributed by atoms with Crippen LogP contribution in [0.1, 0.15) is 93.9 Å². The second kappa shape index (κ2) is 15.5. The lowest BCUT2D eigenvalue weighted by Gasteiger charge is -2.49. The van der Waals surface area contributed by atoms with Gasteiger partial charge in [-0.05, 0) is 81.0 Å². The molecule has 3 heterocycles. The summed E-state index contributed by atoms with van der Waals surface area (Å²) >= 11 is 0. The molecule has 14 heteroatoms. The molecule has 2 aromatic rings. The zero-order valence-corrected chi connectivity index (χ0v) is 28.4. The third-order valence-corrected chi connectivity index (χ3v) is 10.3. The van der Waals surface area contributed by atoms with Crippen molar-refractivity contribution in [2.24, 2.45) is 16.8 Å². The first kappa shape index (κ1) is 37.3. The van der Waals surface area contributed by atoms with Crippen LogP contribution in [-0.2, 0) is 33.2 Å². The molecule has 1 unspecified atom stereocenters. The highest BCUT2D eigenvalue weighted by Crippen LogP contribution is 2.40. The van der Waals surface area contributed by atoms with Crippen LogP contribution in [0.5, 0.6) is 0 Å². The van der Waals surface area contributed by atoms with Crippen molar-refractivity contribution in [2.45, 2.75) is 109 Å². The number of aliphatic imine (C=N–C) groups is 1. The molecule has 3 atom stereocenters. The van der Waals surface area contributed by atoms with Gasteiger partial charge >= 0.3 is 18.3 Å². The number of aromatic nitrogens is 2. The maximum atomic E-state index is 14.1. The molecule has 2 fully saturated rings. The molecule has 1 saturated heterocycles. The fourth-order valence-electron chi connectivity index (χ4n) is 7.57. The number of carbonyl (C=O) groups is 2. The lowest BCUT2D eigenvalue weighted by Crippen LogP contribution is -2.58. The fraction of sp³-hybridized carbons (Fsp3) is 0.583. The smallest absolute Gasteiger partial charge is 0.416 e. The molecular weight excluding hydrogens is 664 g/mol. The molecule has 1 amide bonds. The third kappa shape index (κ3) is 8.66. The lowest BCUT2D eigenvalue weighted by atomic mass is 9.78. The van der Waals surface area contributed by atoms with E-state index in [0.717, 1.165) is 30.5 Å². The number of allylic oxidation sites excluding steroid dienone is 1. The van der Waals surface area contributed by atoms with E-state index in [-0.39, 0.29) is 66.0 Å². The van der Waals surface area contributed by atoms with E-state index in [1.54, 1.807) is 23.5 Å². The summed E-state index contributed by atoms with van der Waals surface area (Å²) in [6.45, 7) is 4.17. The summed E-state index contributed by atoms with van der Waals surface area (Å²) in [4.78, 5) is 42.9. The molecule has 8 nitrogen and oxygen atoms in total. The Hall–Kier alpha value is -3.97. The minimum absolute atomic E-state index is 0.0602. The average molecular weight is 708 g/mol. The van der Waals surface area contributed by atoms with Crippen LogP contribution in [0.2, 0.25) is 0 Å². The van der Waals surface area contributed by atoms with Gasteiger partial charge in [0.15, 0.2) is 0 Å². The minimum atomic E-state index is -4.99. The summed E-state index contributed by atoms with van der Waals surface area (Å²) in [6.07, 6.45) is 2.01. The number of esters is 1. The summed E-state index contributed by atoms with van der Waals surface area (Å²) < 4.78 is 87.8. The van der Waals surface area contributed by atoms with Crippen LogP contribution in [0.3, 0.4) is 0 Å². The van der Waals surface area contributed by atoms with Gasteiger partial charge in [-0.3, -0.25) is 14.6 Å². The van der Waals surface area contributed by atoms with Crippen molar-refractivity contribution in [3.8, 4) is 0 Å². The molecule has 1 aromatic heterocycles. The minimum Gasteiger partial charge on any atom is -0.469 e. The zero-order chi connectivity index (χ0) is 36.2. The maximum Gasteiger partial charge on any atom is 0.416 e. The van der Waals surface area contributed by atoms with E-state index >= 15 is 0 Å². The molecule has 1 aromatic carbocycles. The number of ether oxygens (including phenoxy) is 1. The number of likely N-dealkylation sites (tertiary alicyclic amines) is 1. The first-order chi connectivity index (χ1) is 23.7. The predicted octanol–water partition coefficient (Wildman–Crippen LogP) is 7.91. The van der Waals surface area contributed by atoms with Gasteiger partial charge in [0, 0.05) is 66.8 Å². The number of rotatable bonds is 10. The molecule has 1 aliphatic carbocycles. The van der Waals surface area contributed by atoms with Crippen LogP contribution in [0, 0.1) is 11.8 Å². The van der Waals surface area contributed by atoms with Crippen molar-refractivity contribution in [1.82, 2.24) is 14.9 Å². The number of carbonyl (C=O) groups excluding carboxylic acids is 2. The molecule has 272 valence electrons. The monoisotopic (exact) mass is 707 g/mol. The van der Waals surface area contributed by atoms with Gasteiger partial charge in [-0.2, -0.15) is 26.3 Å². The summed E-state index contributed by atoms with van der Waals surface area (Å²) in [7, 11) is 1.36. The van der Waals surface area contributed by atoms with Gasteiger partial charge in [-0.15, -0.1) is 0 Å². The normalized spacial score (nSPS) is 24.2. The molecule has 5 rings (SSSR count). The van der Waals surface area contributed by atoms with Gasteiger partial charge in [0.05, 0.1) is 24.8 Å². The summed E-state index contributed by atoms with van der Waals surface area (Å²) in [5.74, 6) is -0.0352. The van der Waals surface area contributed by atoms with Crippen molar-refractivity contribution in [2.75, 3.05) is 18.6 Å². The Morgan fingerprint density at radius 1 is 0.900 bits per heavy atom. The van der Waals surface area contributed by atoms with E-state index in [9.17, 15) is 35.9 Å². The van der Waals surface area contributed by atoms with Crippen LogP contribution >= 0.6 is 0 Å². The first-order valence-electron chi connectivity index (χ1n) is 17.2. The van der Waals surface area contributed by atoms with Gasteiger partial charge in [-0.1, -0.05) is 19.9 Å². The average Bonchev–Trinajstić information content (AvgIpc) is 3.64. The van der Waals surface area contributed by atoms with E-state index in [1.165, 1.54) is 7.11 Å². The highest BCUT2D eigenvalue weighted by Gasteiger charge is 2.43. The Morgan fingerprint density at radius 3 is 1.96 bits per heavy atom. The van der Waals surface area contributed by atoms with Gasteiger partial charge in [0.2, 0.25) is 11.9 Å². The number of methoxy groups -OCH3 is 1. The van der Waals surface area contributed by atoms with Crippen LogP contribution in [0.4, 0.5) is 32.3 Å². The van der Waals surface area contributed by atoms with Crippen LogP contribution < -0.4 is 4.90 Å². The summed E-state index contributed by atoms with van der Waals surface area (Å²) in [5, 5.41) is 0. The molecular formula is C36H43F6N5O3. The Morgan fingerprint density at radius 2 is 1.48 bits per heavy atom. The number of halogens is 6. The van der Waals surface area contributed by atoms with Crippen LogP contribution in [-0.4, -0.2) is 64.7 Å². The second-order valence-corrected chi connectivity index (χ2v) is 13.5. The summed E-state index contributed by atoms with van der Waals surface area (Å²) in [6, 6.07) is 0.816. The van der Waals surface area contributed by atoms with Crippen LogP contribution in [0.25, 0.3) is 5.57 Å². The topological polar surface area (TPSA) is 88.0 Å². The highest BCUT2D eigenvalue weighted by molar-refractivity contribution is 6.11. The number of hydrogen-bond donors (Lipinski definition) is 0. The van der Waals surface area contributed by atoms with E-state index in [2.05, 4.69) is 15.0 Å². The SMILES string of the molecule is CC[C@@H]1CC(N(Cc2cc(C(F)(F)F)cc(C(F)(F)F)c2)c2ncc(C3=CCN=C3)cn2)C[C@H](CC)N1C(=O)C1CCC(CC(=O)OC)CC1. The third-order valence-electron chi connectivity index (χ3n) is 10.3. The molecule has 0 spiro atoms. The van der Waals surface area contributed by atoms with E-state index < -0.39 is 23.5 Å². The number of alkyl halides is 6. The van der Waals surface area contributed by atoms with E-state index in [4.69, 9.17) is 4.74 Å². The number of nitrogens with zero attached hydrogens (tertiary/aromatic N) is 5. The van der Waals surface area contributed by atoms with Gasteiger partial charge in [0.1, 0.15) is 0 Å². The largest absolute Gasteiger partial charge is 0.469 e. The number of benzene rings is 1. The number of hydrogen-bond acceptors (Lipinski definition) is 7. The van der Waals surface area contributed by atoms with Gasteiger partial charge < -0.3 is 14.5 Å². The van der Waals surface area contributed by atoms with Crippen molar-refractivity contribution >= 4 is 29.6 Å². The van der Waals surface area contributed by atoms with Crippen LogP contribution in [0.15, 0.2) is 41.7 Å². The molecule has 3 aliphatic rings. The maximum absolute atomic E-state index is 14.1. The Labute approximate surface area is 288 Å². The number of amides is 1.